The van der Waals surface area contributed by atoms with Crippen molar-refractivity contribution in [2.45, 2.75) is 52.2 Å². The monoisotopic (exact) mass is 512 g/mol. The maximum Gasteiger partial charge on any atom is 0.407 e. The Kier molecular flexibility index (Phi) is 11.9. The van der Waals surface area contributed by atoms with Gasteiger partial charge < -0.3 is 25.8 Å². The smallest absolute Gasteiger partial charge is 0.407 e. The molecule has 0 fully saturated rings. The number of aliphatic imine (C=N–C) groups is 1. The van der Waals surface area contributed by atoms with Crippen molar-refractivity contribution in [1.29, 1.82) is 0 Å². The highest BCUT2D eigenvalue weighted by Crippen LogP contribution is 2.23. The van der Waals surface area contributed by atoms with Crippen LogP contribution in [0.2, 0.25) is 0 Å². The van der Waals surface area contributed by atoms with E-state index in [0.717, 1.165) is 18.5 Å². The van der Waals surface area contributed by atoms with Gasteiger partial charge in [-0.05, 0) is 63.4 Å². The van der Waals surface area contributed by atoms with Crippen LogP contribution >= 0.6 is 35.3 Å². The number of aliphatic hydroxyl groups is 1. The fourth-order valence-electron chi connectivity index (χ4n) is 2.04. The number of carbonyl (C=O) groups is 1. The van der Waals surface area contributed by atoms with Crippen molar-refractivity contribution in [3.63, 3.8) is 0 Å². The third kappa shape index (κ3) is 11.4. The van der Waals surface area contributed by atoms with Gasteiger partial charge in [-0.2, -0.15) is 11.3 Å². The number of amides is 1. The Morgan fingerprint density at radius 1 is 1.22 bits per heavy atom. The minimum absolute atomic E-state index is 0. The normalized spacial score (nSPS) is 13.9. The van der Waals surface area contributed by atoms with E-state index in [9.17, 15) is 9.90 Å². The Hall–Kier alpha value is -1.07. The molecular formula is C18H33IN4O3S. The van der Waals surface area contributed by atoms with E-state index in [-0.39, 0.29) is 30.5 Å². The molecule has 7 nitrogen and oxygen atoms in total. The highest BCUT2D eigenvalue weighted by molar-refractivity contribution is 14.0. The van der Waals surface area contributed by atoms with E-state index in [2.05, 4.69) is 20.9 Å². The van der Waals surface area contributed by atoms with Gasteiger partial charge in [0.15, 0.2) is 5.96 Å². The van der Waals surface area contributed by atoms with Crippen LogP contribution in [0.15, 0.2) is 21.8 Å². The molecule has 1 rings (SSSR count). The highest BCUT2D eigenvalue weighted by Gasteiger charge is 2.23. The Morgan fingerprint density at radius 3 is 2.44 bits per heavy atom. The second-order valence-corrected chi connectivity index (χ2v) is 7.97. The summed E-state index contributed by atoms with van der Waals surface area (Å²) in [4.78, 5) is 16.0. The number of halogens is 1. The first-order valence-electron chi connectivity index (χ1n) is 8.88. The standard InChI is InChI=1S/C18H32N4O3S.HI/c1-6-19-15(22-13-18(5,24)14-8-11-26-12-14)20-9-7-10-21-16(23)25-17(2,3)4;/h8,11-12,24H,6-7,9-10,13H2,1-5H3,(H,21,23)(H2,19,20,22);1H. The molecular weight excluding hydrogens is 479 g/mol. The quantitative estimate of drug-likeness (QED) is 0.186. The Bertz CT molecular complexity index is 572. The molecule has 0 aliphatic heterocycles. The van der Waals surface area contributed by atoms with E-state index in [1.54, 1.807) is 18.3 Å². The molecule has 1 amide bonds. The van der Waals surface area contributed by atoms with Crippen molar-refractivity contribution in [3.05, 3.63) is 22.4 Å². The number of carbonyl (C=O) groups excluding carboxylic acids is 1. The van der Waals surface area contributed by atoms with Crippen LogP contribution in [0.1, 0.15) is 46.6 Å². The molecule has 9 heteroatoms. The lowest BCUT2D eigenvalue weighted by molar-refractivity contribution is 0.0527. The first-order chi connectivity index (χ1) is 12.1. The molecule has 0 spiro atoms. The number of hydrogen-bond acceptors (Lipinski definition) is 5. The summed E-state index contributed by atoms with van der Waals surface area (Å²) in [6.45, 7) is 11.4. The lowest BCUT2D eigenvalue weighted by Crippen LogP contribution is -2.40. The maximum atomic E-state index is 11.6. The summed E-state index contributed by atoms with van der Waals surface area (Å²) in [5.41, 5.74) is -0.628. The molecule has 1 heterocycles. The van der Waals surface area contributed by atoms with Crippen molar-refractivity contribution >= 4 is 47.4 Å². The molecule has 1 atom stereocenters. The van der Waals surface area contributed by atoms with E-state index >= 15 is 0 Å². The number of nitrogens with zero attached hydrogens (tertiary/aromatic N) is 1. The Labute approximate surface area is 183 Å². The zero-order chi connectivity index (χ0) is 19.6. The number of thiophene rings is 1. The van der Waals surface area contributed by atoms with Crippen LogP contribution in [0.5, 0.6) is 0 Å². The van der Waals surface area contributed by atoms with Crippen LogP contribution in [0.3, 0.4) is 0 Å². The van der Waals surface area contributed by atoms with Crippen LogP contribution < -0.4 is 16.0 Å². The molecule has 27 heavy (non-hydrogen) atoms. The minimum Gasteiger partial charge on any atom is -0.444 e. The fourth-order valence-corrected chi connectivity index (χ4v) is 2.82. The summed E-state index contributed by atoms with van der Waals surface area (Å²) in [6, 6.07) is 1.91. The van der Waals surface area contributed by atoms with Crippen LogP contribution in [-0.2, 0) is 10.3 Å². The third-order valence-electron chi connectivity index (χ3n) is 3.35. The zero-order valence-corrected chi connectivity index (χ0v) is 19.9. The molecule has 0 saturated heterocycles. The molecule has 4 N–H and O–H groups in total. The number of ether oxygens (including phenoxy) is 1. The van der Waals surface area contributed by atoms with Gasteiger partial charge in [-0.3, -0.25) is 0 Å². The van der Waals surface area contributed by atoms with Crippen LogP contribution in [0, 0.1) is 0 Å². The van der Waals surface area contributed by atoms with Gasteiger partial charge in [0.05, 0.1) is 6.54 Å². The van der Waals surface area contributed by atoms with Gasteiger partial charge in [0, 0.05) is 19.6 Å². The number of guanidine groups is 1. The third-order valence-corrected chi connectivity index (χ3v) is 4.03. The van der Waals surface area contributed by atoms with Gasteiger partial charge in [-0.25, -0.2) is 9.79 Å². The number of nitrogens with one attached hydrogen (secondary N) is 3. The maximum absolute atomic E-state index is 11.6. The van der Waals surface area contributed by atoms with Crippen molar-refractivity contribution < 1.29 is 14.6 Å². The number of rotatable bonds is 8. The lowest BCUT2D eigenvalue weighted by atomic mass is 10.00. The topological polar surface area (TPSA) is 95.0 Å². The first kappa shape index (κ1) is 25.9. The number of hydrogen-bond donors (Lipinski definition) is 4. The fraction of sp³-hybridized carbons (Fsp3) is 0.667. The van der Waals surface area contributed by atoms with E-state index < -0.39 is 17.3 Å². The van der Waals surface area contributed by atoms with Crippen molar-refractivity contribution in [1.82, 2.24) is 16.0 Å². The van der Waals surface area contributed by atoms with Gasteiger partial charge in [0.25, 0.3) is 0 Å². The van der Waals surface area contributed by atoms with E-state index in [1.165, 1.54) is 0 Å². The van der Waals surface area contributed by atoms with Crippen LogP contribution in [0.4, 0.5) is 4.79 Å². The van der Waals surface area contributed by atoms with Gasteiger partial charge in [-0.15, -0.1) is 24.0 Å². The lowest BCUT2D eigenvalue weighted by Gasteiger charge is -2.21. The summed E-state index contributed by atoms with van der Waals surface area (Å²) < 4.78 is 5.18. The summed E-state index contributed by atoms with van der Waals surface area (Å²) in [7, 11) is 0. The van der Waals surface area contributed by atoms with Gasteiger partial charge in [0.1, 0.15) is 11.2 Å². The average Bonchev–Trinajstić information content (AvgIpc) is 3.05. The molecule has 1 aromatic heterocycles. The van der Waals surface area contributed by atoms with E-state index in [1.807, 2.05) is 44.5 Å². The minimum atomic E-state index is -0.999. The second-order valence-electron chi connectivity index (χ2n) is 7.19. The molecule has 1 aromatic rings. The van der Waals surface area contributed by atoms with Gasteiger partial charge in [-0.1, -0.05) is 0 Å². The Morgan fingerprint density at radius 2 is 1.89 bits per heavy atom. The molecule has 0 aromatic carbocycles. The molecule has 0 saturated carbocycles. The predicted octanol–water partition coefficient (Wildman–Crippen LogP) is 3.04. The molecule has 0 bridgehead atoms. The molecule has 0 aliphatic rings. The first-order valence-corrected chi connectivity index (χ1v) is 9.82. The largest absolute Gasteiger partial charge is 0.444 e. The van der Waals surface area contributed by atoms with E-state index in [4.69, 9.17) is 4.74 Å². The summed E-state index contributed by atoms with van der Waals surface area (Å²) in [5.74, 6) is 0.639. The molecule has 0 aliphatic carbocycles. The summed E-state index contributed by atoms with van der Waals surface area (Å²) >= 11 is 1.55. The summed E-state index contributed by atoms with van der Waals surface area (Å²) in [6.07, 6.45) is 0.315. The predicted molar refractivity (Wildman–Crippen MR) is 122 cm³/mol. The van der Waals surface area contributed by atoms with Gasteiger partial charge >= 0.3 is 6.09 Å². The SMILES string of the molecule is CCNC(=NCC(C)(O)c1ccsc1)NCCCNC(=O)OC(C)(C)C.I. The molecule has 156 valence electrons. The van der Waals surface area contributed by atoms with E-state index in [0.29, 0.717) is 19.0 Å². The molecule has 0 radical (unpaired) electrons. The van der Waals surface area contributed by atoms with Crippen molar-refractivity contribution in [3.8, 4) is 0 Å². The van der Waals surface area contributed by atoms with Gasteiger partial charge in [0.2, 0.25) is 0 Å². The molecule has 1 unspecified atom stereocenters. The van der Waals surface area contributed by atoms with Crippen LogP contribution in [-0.4, -0.2) is 48.9 Å². The number of alkyl carbamates (subject to hydrolysis) is 1. The average molecular weight is 512 g/mol. The Balaban J connectivity index is 0.00000676. The van der Waals surface area contributed by atoms with Crippen LogP contribution in [0.25, 0.3) is 0 Å². The summed E-state index contributed by atoms with van der Waals surface area (Å²) in [5, 5.41) is 23.5. The highest BCUT2D eigenvalue weighted by atomic mass is 127. The zero-order valence-electron chi connectivity index (χ0n) is 16.8. The second kappa shape index (κ2) is 12.4. The van der Waals surface area contributed by atoms with Crippen molar-refractivity contribution in [2.75, 3.05) is 26.2 Å². The van der Waals surface area contributed by atoms with Crippen molar-refractivity contribution in [2.24, 2.45) is 4.99 Å².